The first-order valence-corrected chi connectivity index (χ1v) is 6.86. The van der Waals surface area contributed by atoms with Gasteiger partial charge in [0.1, 0.15) is 0 Å². The Morgan fingerprint density at radius 2 is 2.15 bits per heavy atom. The molecule has 20 heavy (non-hydrogen) atoms. The molecule has 1 saturated carbocycles. The summed E-state index contributed by atoms with van der Waals surface area (Å²) < 4.78 is 0. The Morgan fingerprint density at radius 1 is 1.40 bits per heavy atom. The Kier molecular flexibility index (Phi) is 3.04. The van der Waals surface area contributed by atoms with Gasteiger partial charge in [-0.1, -0.05) is 0 Å². The fraction of sp³-hybridized carbons (Fsp3) is 0.400. The lowest BCUT2D eigenvalue weighted by Crippen LogP contribution is -2.17. The maximum absolute atomic E-state index is 11.1. The van der Waals surface area contributed by atoms with Crippen molar-refractivity contribution in [1.29, 1.82) is 0 Å². The number of hydrogen-bond donors (Lipinski definition) is 1. The summed E-state index contributed by atoms with van der Waals surface area (Å²) in [6.07, 6.45) is 4.12. The second kappa shape index (κ2) is 4.74. The lowest BCUT2D eigenvalue weighted by Gasteiger charge is -2.16. The largest absolute Gasteiger partial charge is 0.382 e. The Labute approximate surface area is 117 Å². The molecule has 0 saturated heterocycles. The topological polar surface area (TPSA) is 68.1 Å². The standard InChI is InChI=1S/C15H17N3O2/c1-9-7-12-13(8-16-9)15(18(19)20)6-5-14(12)17-10(2)11-3-4-11/h5-8,10-11,17H,3-4H2,1-2H3. The van der Waals surface area contributed by atoms with Crippen LogP contribution < -0.4 is 5.32 Å². The third-order valence-corrected chi connectivity index (χ3v) is 3.92. The minimum atomic E-state index is -0.354. The van der Waals surface area contributed by atoms with Crippen molar-refractivity contribution in [1.82, 2.24) is 4.98 Å². The second-order valence-electron chi connectivity index (χ2n) is 5.53. The molecular formula is C15H17N3O2. The summed E-state index contributed by atoms with van der Waals surface area (Å²) in [6, 6.07) is 5.66. The van der Waals surface area contributed by atoms with Gasteiger partial charge in [-0.15, -0.1) is 0 Å². The fourth-order valence-electron chi connectivity index (χ4n) is 2.57. The molecule has 1 aliphatic carbocycles. The fourth-order valence-corrected chi connectivity index (χ4v) is 2.57. The molecule has 104 valence electrons. The van der Waals surface area contributed by atoms with E-state index in [9.17, 15) is 10.1 Å². The van der Waals surface area contributed by atoms with Crippen LogP contribution in [0.25, 0.3) is 10.8 Å². The molecule has 2 aromatic rings. The maximum atomic E-state index is 11.1. The van der Waals surface area contributed by atoms with Gasteiger partial charge in [0.25, 0.3) is 5.69 Å². The van der Waals surface area contributed by atoms with Gasteiger partial charge in [0.2, 0.25) is 0 Å². The summed E-state index contributed by atoms with van der Waals surface area (Å²) in [5.41, 5.74) is 1.92. The van der Waals surface area contributed by atoms with Crippen molar-refractivity contribution in [2.75, 3.05) is 5.32 Å². The maximum Gasteiger partial charge on any atom is 0.278 e. The quantitative estimate of drug-likeness (QED) is 0.680. The van der Waals surface area contributed by atoms with Crippen LogP contribution in [0, 0.1) is 23.0 Å². The van der Waals surface area contributed by atoms with Crippen molar-refractivity contribution in [3.8, 4) is 0 Å². The van der Waals surface area contributed by atoms with E-state index in [2.05, 4.69) is 17.2 Å². The molecule has 1 N–H and O–H groups in total. The summed E-state index contributed by atoms with van der Waals surface area (Å²) in [6.45, 7) is 4.06. The summed E-state index contributed by atoms with van der Waals surface area (Å²) in [5, 5.41) is 16.1. The zero-order valence-electron chi connectivity index (χ0n) is 11.6. The van der Waals surface area contributed by atoms with Gasteiger partial charge in [0.15, 0.2) is 0 Å². The van der Waals surface area contributed by atoms with Gasteiger partial charge in [-0.25, -0.2) is 0 Å². The number of anilines is 1. The van der Waals surface area contributed by atoms with Crippen LogP contribution in [0.2, 0.25) is 0 Å². The van der Waals surface area contributed by atoms with Gasteiger partial charge in [0, 0.05) is 35.1 Å². The molecule has 1 unspecified atom stereocenters. The number of pyridine rings is 1. The molecule has 1 aliphatic rings. The van der Waals surface area contributed by atoms with E-state index in [1.807, 2.05) is 13.0 Å². The smallest absolute Gasteiger partial charge is 0.278 e. The van der Waals surface area contributed by atoms with E-state index in [-0.39, 0.29) is 10.6 Å². The highest BCUT2D eigenvalue weighted by molar-refractivity contribution is 5.99. The highest BCUT2D eigenvalue weighted by atomic mass is 16.6. The van der Waals surface area contributed by atoms with Gasteiger partial charge < -0.3 is 5.32 Å². The van der Waals surface area contributed by atoms with Crippen LogP contribution in [0.15, 0.2) is 24.4 Å². The summed E-state index contributed by atoms with van der Waals surface area (Å²) in [4.78, 5) is 14.9. The minimum Gasteiger partial charge on any atom is -0.382 e. The molecular weight excluding hydrogens is 254 g/mol. The van der Waals surface area contributed by atoms with E-state index in [1.165, 1.54) is 12.8 Å². The van der Waals surface area contributed by atoms with E-state index >= 15 is 0 Å². The van der Waals surface area contributed by atoms with Crippen LogP contribution >= 0.6 is 0 Å². The molecule has 1 aromatic carbocycles. The molecule has 5 nitrogen and oxygen atoms in total. The van der Waals surface area contributed by atoms with Crippen LogP contribution in [-0.2, 0) is 0 Å². The Bertz CT molecular complexity index is 680. The number of nitro groups is 1. The van der Waals surface area contributed by atoms with E-state index in [4.69, 9.17) is 0 Å². The number of nitro benzene ring substituents is 1. The minimum absolute atomic E-state index is 0.108. The van der Waals surface area contributed by atoms with Crippen molar-refractivity contribution in [3.05, 3.63) is 40.2 Å². The number of rotatable bonds is 4. The average Bonchev–Trinajstić information content (AvgIpc) is 3.23. The Hall–Kier alpha value is -2.17. The number of non-ortho nitro benzene ring substituents is 1. The van der Waals surface area contributed by atoms with Gasteiger partial charge in [-0.3, -0.25) is 15.1 Å². The predicted molar refractivity (Wildman–Crippen MR) is 78.9 cm³/mol. The first kappa shape index (κ1) is 12.8. The van der Waals surface area contributed by atoms with E-state index < -0.39 is 0 Å². The van der Waals surface area contributed by atoms with Crippen molar-refractivity contribution in [2.45, 2.75) is 32.7 Å². The molecule has 0 spiro atoms. The van der Waals surface area contributed by atoms with E-state index in [1.54, 1.807) is 18.3 Å². The molecule has 0 radical (unpaired) electrons. The molecule has 1 aromatic heterocycles. The molecule has 0 bridgehead atoms. The first-order chi connectivity index (χ1) is 9.56. The first-order valence-electron chi connectivity index (χ1n) is 6.86. The molecule has 0 amide bonds. The van der Waals surface area contributed by atoms with Crippen LogP contribution in [0.3, 0.4) is 0 Å². The zero-order valence-corrected chi connectivity index (χ0v) is 11.6. The van der Waals surface area contributed by atoms with E-state index in [0.717, 1.165) is 22.7 Å². The highest BCUT2D eigenvalue weighted by Gasteiger charge is 2.28. The van der Waals surface area contributed by atoms with E-state index in [0.29, 0.717) is 11.4 Å². The molecule has 5 heteroatoms. The van der Waals surface area contributed by atoms with Gasteiger partial charge in [-0.2, -0.15) is 0 Å². The van der Waals surface area contributed by atoms with Crippen molar-refractivity contribution in [2.24, 2.45) is 5.92 Å². The van der Waals surface area contributed by atoms with Crippen LogP contribution in [0.1, 0.15) is 25.5 Å². The predicted octanol–water partition coefficient (Wildman–Crippen LogP) is 3.66. The molecule has 1 heterocycles. The van der Waals surface area contributed by atoms with Crippen LogP contribution in [0.5, 0.6) is 0 Å². The van der Waals surface area contributed by atoms with Gasteiger partial charge >= 0.3 is 0 Å². The van der Waals surface area contributed by atoms with Crippen molar-refractivity contribution >= 4 is 22.1 Å². The summed E-state index contributed by atoms with van der Waals surface area (Å²) in [7, 11) is 0. The SMILES string of the molecule is Cc1cc2c(NC(C)C3CC3)ccc([N+](=O)[O-])c2cn1. The second-order valence-corrected chi connectivity index (χ2v) is 5.53. The highest BCUT2D eigenvalue weighted by Crippen LogP contribution is 2.36. The zero-order chi connectivity index (χ0) is 14.3. The average molecular weight is 271 g/mol. The molecule has 1 fully saturated rings. The number of aryl methyl sites for hydroxylation is 1. The van der Waals surface area contributed by atoms with Crippen LogP contribution in [-0.4, -0.2) is 15.9 Å². The number of hydrogen-bond acceptors (Lipinski definition) is 4. The van der Waals surface area contributed by atoms with Crippen LogP contribution in [0.4, 0.5) is 11.4 Å². The molecule has 0 aliphatic heterocycles. The Balaban J connectivity index is 2.09. The van der Waals surface area contributed by atoms with Crippen molar-refractivity contribution < 1.29 is 4.92 Å². The summed E-state index contributed by atoms with van der Waals surface area (Å²) in [5.74, 6) is 0.725. The van der Waals surface area contributed by atoms with Gasteiger partial charge in [-0.05, 0) is 44.7 Å². The normalized spacial score (nSPS) is 16.1. The number of nitrogens with one attached hydrogen (secondary N) is 1. The number of aromatic nitrogens is 1. The molecule has 1 atom stereocenters. The monoisotopic (exact) mass is 271 g/mol. The third-order valence-electron chi connectivity index (χ3n) is 3.92. The van der Waals surface area contributed by atoms with Crippen molar-refractivity contribution in [3.63, 3.8) is 0 Å². The summed E-state index contributed by atoms with van der Waals surface area (Å²) >= 11 is 0. The third kappa shape index (κ3) is 2.31. The number of fused-ring (bicyclic) bond motifs is 1. The molecule has 3 rings (SSSR count). The lowest BCUT2D eigenvalue weighted by molar-refractivity contribution is -0.383. The number of nitrogens with zero attached hydrogens (tertiary/aromatic N) is 2. The number of benzene rings is 1. The lowest BCUT2D eigenvalue weighted by atomic mass is 10.1. The van der Waals surface area contributed by atoms with Gasteiger partial charge in [0.05, 0.1) is 10.3 Å². The Morgan fingerprint density at radius 3 is 2.80 bits per heavy atom.